The predicted octanol–water partition coefficient (Wildman–Crippen LogP) is 5.18. The van der Waals surface area contributed by atoms with Crippen LogP contribution in [-0.2, 0) is 0 Å². The molecule has 0 saturated heterocycles. The highest BCUT2D eigenvalue weighted by molar-refractivity contribution is 6.13. The molecule has 7 heteroatoms. The fraction of sp³-hybridized carbons (Fsp3) is 0.269. The SMILES string of the molecule is COc1ccc(OC)c(NC(=O)c2cc(C3CC3)nc3c2c(C)nn3-c2ccc(C)cc2)c1. The number of rotatable bonds is 6. The lowest BCUT2D eigenvalue weighted by molar-refractivity contribution is 0.102. The average Bonchev–Trinajstić information content (AvgIpc) is 3.63. The van der Waals surface area contributed by atoms with Crippen molar-refractivity contribution in [2.75, 3.05) is 19.5 Å². The van der Waals surface area contributed by atoms with E-state index < -0.39 is 0 Å². The van der Waals surface area contributed by atoms with Gasteiger partial charge in [0.15, 0.2) is 5.65 Å². The van der Waals surface area contributed by atoms with Crippen molar-refractivity contribution in [3.05, 3.63) is 71.0 Å². The first-order valence-corrected chi connectivity index (χ1v) is 11.0. The number of hydrogen-bond donors (Lipinski definition) is 1. The Kier molecular flexibility index (Phi) is 5.24. The Hall–Kier alpha value is -3.87. The molecule has 0 spiro atoms. The van der Waals surface area contributed by atoms with Crippen molar-refractivity contribution in [1.29, 1.82) is 0 Å². The first kappa shape index (κ1) is 21.0. The molecule has 1 fully saturated rings. The van der Waals surface area contributed by atoms with Crippen LogP contribution in [0.15, 0.2) is 48.5 Å². The summed E-state index contributed by atoms with van der Waals surface area (Å²) in [6.45, 7) is 3.96. The lowest BCUT2D eigenvalue weighted by atomic mass is 10.1. The summed E-state index contributed by atoms with van der Waals surface area (Å²) in [5.74, 6) is 1.34. The smallest absolute Gasteiger partial charge is 0.256 e. The summed E-state index contributed by atoms with van der Waals surface area (Å²) in [5.41, 5.74) is 5.57. The molecule has 1 saturated carbocycles. The van der Waals surface area contributed by atoms with E-state index in [4.69, 9.17) is 19.6 Å². The number of benzene rings is 2. The lowest BCUT2D eigenvalue weighted by Gasteiger charge is -2.13. The Labute approximate surface area is 192 Å². The number of methoxy groups -OCH3 is 2. The molecule has 2 aromatic heterocycles. The zero-order valence-corrected chi connectivity index (χ0v) is 19.2. The number of nitrogens with zero attached hydrogens (tertiary/aromatic N) is 3. The molecule has 0 bridgehead atoms. The van der Waals surface area contributed by atoms with E-state index in [-0.39, 0.29) is 5.91 Å². The molecule has 1 N–H and O–H groups in total. The molecule has 5 rings (SSSR count). The van der Waals surface area contributed by atoms with Crippen LogP contribution in [0.1, 0.15) is 46.1 Å². The molecular weight excluding hydrogens is 416 g/mol. The Morgan fingerprint density at radius 2 is 1.79 bits per heavy atom. The van der Waals surface area contributed by atoms with Gasteiger partial charge in [-0.1, -0.05) is 17.7 Å². The molecule has 168 valence electrons. The summed E-state index contributed by atoms with van der Waals surface area (Å²) in [6.07, 6.45) is 2.17. The second-order valence-corrected chi connectivity index (χ2v) is 8.42. The molecule has 1 amide bonds. The number of fused-ring (bicyclic) bond motifs is 1. The Morgan fingerprint density at radius 1 is 1.03 bits per heavy atom. The lowest BCUT2D eigenvalue weighted by Crippen LogP contribution is -2.14. The van der Waals surface area contributed by atoms with Gasteiger partial charge in [0.2, 0.25) is 0 Å². The molecule has 2 heterocycles. The molecular formula is C26H26N4O3. The molecule has 1 aliphatic rings. The maximum atomic E-state index is 13.6. The van der Waals surface area contributed by atoms with Crippen LogP contribution >= 0.6 is 0 Å². The highest BCUT2D eigenvalue weighted by Gasteiger charge is 2.29. The van der Waals surface area contributed by atoms with Crippen LogP contribution in [0, 0.1) is 13.8 Å². The molecule has 7 nitrogen and oxygen atoms in total. The quantitative estimate of drug-likeness (QED) is 0.445. The van der Waals surface area contributed by atoms with E-state index in [1.165, 1.54) is 5.56 Å². The molecule has 0 radical (unpaired) electrons. The van der Waals surface area contributed by atoms with Crippen LogP contribution in [0.4, 0.5) is 5.69 Å². The fourth-order valence-electron chi connectivity index (χ4n) is 4.04. The van der Waals surface area contributed by atoms with Crippen molar-refractivity contribution in [3.8, 4) is 17.2 Å². The number of hydrogen-bond acceptors (Lipinski definition) is 5. The van der Waals surface area contributed by atoms with Crippen molar-refractivity contribution >= 4 is 22.6 Å². The molecule has 33 heavy (non-hydrogen) atoms. The highest BCUT2D eigenvalue weighted by Crippen LogP contribution is 2.41. The number of carbonyl (C=O) groups excluding carboxylic acids is 1. The van der Waals surface area contributed by atoms with Gasteiger partial charge in [0.25, 0.3) is 5.91 Å². The van der Waals surface area contributed by atoms with E-state index in [2.05, 4.69) is 12.2 Å². The first-order valence-electron chi connectivity index (χ1n) is 11.0. The van der Waals surface area contributed by atoms with Gasteiger partial charge in [0.1, 0.15) is 11.5 Å². The summed E-state index contributed by atoms with van der Waals surface area (Å²) in [5, 5.41) is 8.51. The van der Waals surface area contributed by atoms with Crippen molar-refractivity contribution < 1.29 is 14.3 Å². The van der Waals surface area contributed by atoms with Gasteiger partial charge in [-0.25, -0.2) is 9.67 Å². The fourth-order valence-corrected chi connectivity index (χ4v) is 4.04. The van der Waals surface area contributed by atoms with Gasteiger partial charge < -0.3 is 14.8 Å². The number of nitrogens with one attached hydrogen (secondary N) is 1. The number of amides is 1. The van der Waals surface area contributed by atoms with Gasteiger partial charge in [0.05, 0.1) is 42.2 Å². The maximum Gasteiger partial charge on any atom is 0.256 e. The third-order valence-electron chi connectivity index (χ3n) is 6.01. The van der Waals surface area contributed by atoms with Crippen molar-refractivity contribution in [1.82, 2.24) is 14.8 Å². The third kappa shape index (κ3) is 3.91. The number of ether oxygens (including phenoxy) is 2. The second-order valence-electron chi connectivity index (χ2n) is 8.42. The van der Waals surface area contributed by atoms with Gasteiger partial charge in [-0.3, -0.25) is 4.79 Å². The molecule has 4 aromatic rings. The Balaban J connectivity index is 1.64. The van der Waals surface area contributed by atoms with E-state index in [1.54, 1.807) is 32.4 Å². The van der Waals surface area contributed by atoms with E-state index in [0.29, 0.717) is 34.3 Å². The topological polar surface area (TPSA) is 78.3 Å². The van der Waals surface area contributed by atoms with Crippen LogP contribution < -0.4 is 14.8 Å². The molecule has 0 unspecified atom stereocenters. The zero-order valence-electron chi connectivity index (χ0n) is 19.2. The summed E-state index contributed by atoms with van der Waals surface area (Å²) in [6, 6.07) is 15.4. The minimum Gasteiger partial charge on any atom is -0.497 e. The van der Waals surface area contributed by atoms with E-state index in [0.717, 1.165) is 35.3 Å². The largest absolute Gasteiger partial charge is 0.497 e. The van der Waals surface area contributed by atoms with Crippen molar-refractivity contribution in [2.45, 2.75) is 32.6 Å². The number of aryl methyl sites for hydroxylation is 2. The standard InChI is InChI=1S/C26H26N4O3/c1-15-5-9-18(10-6-15)30-25-24(16(2)29-30)20(14-21(27-25)17-7-8-17)26(31)28-22-13-19(32-3)11-12-23(22)33-4/h5-6,9-14,17H,7-8H2,1-4H3,(H,28,31). The van der Waals surface area contributed by atoms with E-state index in [1.807, 2.05) is 41.9 Å². The van der Waals surface area contributed by atoms with E-state index in [9.17, 15) is 4.79 Å². The predicted molar refractivity (Wildman–Crippen MR) is 128 cm³/mol. The van der Waals surface area contributed by atoms with E-state index >= 15 is 0 Å². The highest BCUT2D eigenvalue weighted by atomic mass is 16.5. The first-order chi connectivity index (χ1) is 16.0. The van der Waals surface area contributed by atoms with Gasteiger partial charge in [-0.05, 0) is 57.0 Å². The number of carbonyl (C=O) groups is 1. The molecule has 2 aromatic carbocycles. The monoisotopic (exact) mass is 442 g/mol. The van der Waals surface area contributed by atoms with Crippen molar-refractivity contribution in [3.63, 3.8) is 0 Å². The van der Waals surface area contributed by atoms with Crippen LogP contribution in [0.2, 0.25) is 0 Å². The average molecular weight is 443 g/mol. The normalized spacial score (nSPS) is 13.2. The van der Waals surface area contributed by atoms with Crippen LogP contribution in [0.5, 0.6) is 11.5 Å². The molecule has 0 atom stereocenters. The summed E-state index contributed by atoms with van der Waals surface area (Å²) >= 11 is 0. The number of aromatic nitrogens is 3. The Bertz CT molecular complexity index is 1350. The zero-order chi connectivity index (χ0) is 23.1. The van der Waals surface area contributed by atoms with Crippen molar-refractivity contribution in [2.24, 2.45) is 0 Å². The summed E-state index contributed by atoms with van der Waals surface area (Å²) in [7, 11) is 3.16. The van der Waals surface area contributed by atoms with Crippen LogP contribution in [0.3, 0.4) is 0 Å². The Morgan fingerprint density at radius 3 is 2.45 bits per heavy atom. The van der Waals surface area contributed by atoms with Gasteiger partial charge in [0, 0.05) is 17.7 Å². The van der Waals surface area contributed by atoms with Gasteiger partial charge in [-0.15, -0.1) is 0 Å². The van der Waals surface area contributed by atoms with Gasteiger partial charge >= 0.3 is 0 Å². The van der Waals surface area contributed by atoms with Gasteiger partial charge in [-0.2, -0.15) is 5.10 Å². The molecule has 0 aliphatic heterocycles. The minimum absolute atomic E-state index is 0.234. The van der Waals surface area contributed by atoms with Crippen LogP contribution in [0.25, 0.3) is 16.7 Å². The summed E-state index contributed by atoms with van der Waals surface area (Å²) in [4.78, 5) is 18.5. The maximum absolute atomic E-state index is 13.6. The number of pyridine rings is 1. The second kappa shape index (κ2) is 8.24. The minimum atomic E-state index is -0.234. The molecule has 1 aliphatic carbocycles. The van der Waals surface area contributed by atoms with Crippen LogP contribution in [-0.4, -0.2) is 34.9 Å². The summed E-state index contributed by atoms with van der Waals surface area (Å²) < 4.78 is 12.6. The third-order valence-corrected chi connectivity index (χ3v) is 6.01. The number of anilines is 1.